The summed E-state index contributed by atoms with van der Waals surface area (Å²) in [5, 5.41) is 16.6. The average Bonchev–Trinajstić information content (AvgIpc) is 2.50. The van der Waals surface area contributed by atoms with Crippen molar-refractivity contribution in [3.8, 4) is 0 Å². The Bertz CT molecular complexity index is 598. The lowest BCUT2D eigenvalue weighted by Gasteiger charge is -2.21. The maximum absolute atomic E-state index is 12.1. The van der Waals surface area contributed by atoms with Crippen molar-refractivity contribution in [1.29, 1.82) is 0 Å². The average molecular weight is 321 g/mol. The molecule has 0 unspecified atom stereocenters. The third-order valence-electron chi connectivity index (χ3n) is 3.88. The Balaban J connectivity index is 1.94. The monoisotopic (exact) mass is 321 g/mol. The van der Waals surface area contributed by atoms with Crippen LogP contribution in [0.2, 0.25) is 0 Å². The van der Waals surface area contributed by atoms with E-state index in [0.29, 0.717) is 11.3 Å². The van der Waals surface area contributed by atoms with Crippen LogP contribution in [0.3, 0.4) is 0 Å². The SMILES string of the molecule is Cc1cc([N+](=O)[O-])ccc1NC(=S)NC(=O)C1CCCCC1. The number of amides is 1. The van der Waals surface area contributed by atoms with Gasteiger partial charge in [-0.15, -0.1) is 0 Å². The fourth-order valence-corrected chi connectivity index (χ4v) is 2.84. The number of carbonyl (C=O) groups is 1. The number of hydrogen-bond donors (Lipinski definition) is 2. The number of hydrogen-bond acceptors (Lipinski definition) is 4. The molecule has 22 heavy (non-hydrogen) atoms. The molecule has 1 aromatic carbocycles. The van der Waals surface area contributed by atoms with Gasteiger partial charge in [-0.3, -0.25) is 14.9 Å². The van der Waals surface area contributed by atoms with Crippen LogP contribution in [-0.2, 0) is 4.79 Å². The highest BCUT2D eigenvalue weighted by molar-refractivity contribution is 7.80. The van der Waals surface area contributed by atoms with E-state index >= 15 is 0 Å². The Kier molecular flexibility index (Phi) is 5.43. The molecule has 6 nitrogen and oxygen atoms in total. The number of nitrogens with one attached hydrogen (secondary N) is 2. The van der Waals surface area contributed by atoms with E-state index in [-0.39, 0.29) is 22.6 Å². The smallest absolute Gasteiger partial charge is 0.269 e. The van der Waals surface area contributed by atoms with Crippen molar-refractivity contribution in [2.75, 3.05) is 5.32 Å². The minimum atomic E-state index is -0.444. The van der Waals surface area contributed by atoms with Gasteiger partial charge in [-0.25, -0.2) is 0 Å². The fraction of sp³-hybridized carbons (Fsp3) is 0.467. The summed E-state index contributed by atoms with van der Waals surface area (Å²) >= 11 is 5.15. The van der Waals surface area contributed by atoms with Crippen LogP contribution in [0, 0.1) is 23.0 Å². The highest BCUT2D eigenvalue weighted by Crippen LogP contribution is 2.24. The van der Waals surface area contributed by atoms with Crippen molar-refractivity contribution in [1.82, 2.24) is 5.32 Å². The van der Waals surface area contributed by atoms with Gasteiger partial charge in [-0.1, -0.05) is 19.3 Å². The molecule has 1 aromatic rings. The number of anilines is 1. The van der Waals surface area contributed by atoms with Gasteiger partial charge < -0.3 is 10.6 Å². The lowest BCUT2D eigenvalue weighted by Crippen LogP contribution is -2.39. The largest absolute Gasteiger partial charge is 0.332 e. The molecule has 0 spiro atoms. The van der Waals surface area contributed by atoms with Gasteiger partial charge in [0.2, 0.25) is 5.91 Å². The van der Waals surface area contributed by atoms with Crippen molar-refractivity contribution in [3.05, 3.63) is 33.9 Å². The molecule has 0 aliphatic heterocycles. The van der Waals surface area contributed by atoms with Gasteiger partial charge in [-0.05, 0) is 43.6 Å². The predicted molar refractivity (Wildman–Crippen MR) is 88.8 cm³/mol. The van der Waals surface area contributed by atoms with E-state index in [4.69, 9.17) is 12.2 Å². The van der Waals surface area contributed by atoms with Crippen molar-refractivity contribution in [2.45, 2.75) is 39.0 Å². The van der Waals surface area contributed by atoms with Crippen molar-refractivity contribution >= 4 is 34.6 Å². The number of nitro benzene ring substituents is 1. The van der Waals surface area contributed by atoms with Gasteiger partial charge >= 0.3 is 0 Å². The van der Waals surface area contributed by atoms with Crippen LogP contribution < -0.4 is 10.6 Å². The van der Waals surface area contributed by atoms with E-state index in [1.165, 1.54) is 18.6 Å². The Hall–Kier alpha value is -2.02. The van der Waals surface area contributed by atoms with Gasteiger partial charge in [0.05, 0.1) is 4.92 Å². The maximum atomic E-state index is 12.1. The number of non-ortho nitro benzene ring substituents is 1. The number of benzene rings is 1. The molecule has 2 rings (SSSR count). The highest BCUT2D eigenvalue weighted by Gasteiger charge is 2.21. The topological polar surface area (TPSA) is 84.3 Å². The molecule has 1 amide bonds. The van der Waals surface area contributed by atoms with Crippen molar-refractivity contribution in [3.63, 3.8) is 0 Å². The zero-order valence-corrected chi connectivity index (χ0v) is 13.2. The van der Waals surface area contributed by atoms with E-state index in [1.54, 1.807) is 13.0 Å². The number of nitro groups is 1. The number of thiocarbonyl (C=S) groups is 1. The Morgan fingerprint density at radius 1 is 1.32 bits per heavy atom. The lowest BCUT2D eigenvalue weighted by molar-refractivity contribution is -0.384. The molecule has 0 heterocycles. The van der Waals surface area contributed by atoms with E-state index < -0.39 is 4.92 Å². The molecule has 118 valence electrons. The number of rotatable bonds is 3. The lowest BCUT2D eigenvalue weighted by atomic mass is 9.89. The molecular weight excluding hydrogens is 302 g/mol. The normalized spacial score (nSPS) is 15.1. The zero-order chi connectivity index (χ0) is 16.1. The Labute approximate surface area is 134 Å². The first kappa shape index (κ1) is 16.4. The summed E-state index contributed by atoms with van der Waals surface area (Å²) in [5.41, 5.74) is 1.38. The minimum Gasteiger partial charge on any atom is -0.332 e. The molecule has 1 aliphatic rings. The standard InChI is InChI=1S/C15H19N3O3S/c1-10-9-12(18(20)21)7-8-13(10)16-15(22)17-14(19)11-5-3-2-4-6-11/h7-9,11H,2-6H2,1H3,(H2,16,17,19,22). The van der Waals surface area contributed by atoms with Gasteiger partial charge in [0.25, 0.3) is 5.69 Å². The molecule has 0 atom stereocenters. The van der Waals surface area contributed by atoms with E-state index in [2.05, 4.69) is 10.6 Å². The van der Waals surface area contributed by atoms with Gasteiger partial charge in [0.15, 0.2) is 5.11 Å². The molecular formula is C15H19N3O3S. The fourth-order valence-electron chi connectivity index (χ4n) is 2.63. The summed E-state index contributed by atoms with van der Waals surface area (Å²) in [5.74, 6) is -0.0109. The Morgan fingerprint density at radius 2 is 2.00 bits per heavy atom. The number of nitrogens with zero attached hydrogens (tertiary/aromatic N) is 1. The van der Waals surface area contributed by atoms with Crippen LogP contribution in [0.15, 0.2) is 18.2 Å². The first-order chi connectivity index (χ1) is 10.5. The van der Waals surface area contributed by atoms with Crippen LogP contribution >= 0.6 is 12.2 Å². The maximum Gasteiger partial charge on any atom is 0.269 e. The number of carbonyl (C=O) groups excluding carboxylic acids is 1. The molecule has 1 fully saturated rings. The molecule has 7 heteroatoms. The van der Waals surface area contributed by atoms with Gasteiger partial charge in [0, 0.05) is 23.7 Å². The first-order valence-electron chi connectivity index (χ1n) is 7.34. The van der Waals surface area contributed by atoms with Gasteiger partial charge in [-0.2, -0.15) is 0 Å². The van der Waals surface area contributed by atoms with Crippen LogP contribution in [-0.4, -0.2) is 15.9 Å². The summed E-state index contributed by atoms with van der Waals surface area (Å²) in [7, 11) is 0. The molecule has 0 radical (unpaired) electrons. The molecule has 2 N–H and O–H groups in total. The summed E-state index contributed by atoms with van der Waals surface area (Å²) in [6.07, 6.45) is 5.17. The van der Waals surface area contributed by atoms with Crippen LogP contribution in [0.5, 0.6) is 0 Å². The molecule has 0 saturated heterocycles. The van der Waals surface area contributed by atoms with Crippen molar-refractivity contribution < 1.29 is 9.72 Å². The summed E-state index contributed by atoms with van der Waals surface area (Å²) < 4.78 is 0. The van der Waals surface area contributed by atoms with Crippen LogP contribution in [0.4, 0.5) is 11.4 Å². The summed E-state index contributed by atoms with van der Waals surface area (Å²) in [4.78, 5) is 22.4. The molecule has 0 aromatic heterocycles. The second-order valence-electron chi connectivity index (χ2n) is 5.53. The summed E-state index contributed by atoms with van der Waals surface area (Å²) in [6.45, 7) is 1.75. The minimum absolute atomic E-state index is 0.0280. The van der Waals surface area contributed by atoms with E-state index in [9.17, 15) is 14.9 Å². The predicted octanol–water partition coefficient (Wildman–Crippen LogP) is 3.30. The van der Waals surface area contributed by atoms with Crippen molar-refractivity contribution in [2.24, 2.45) is 5.92 Å². The number of aryl methyl sites for hydroxylation is 1. The Morgan fingerprint density at radius 3 is 2.59 bits per heavy atom. The third kappa shape index (κ3) is 4.24. The van der Waals surface area contributed by atoms with Crippen LogP contribution in [0.25, 0.3) is 0 Å². The first-order valence-corrected chi connectivity index (χ1v) is 7.75. The summed E-state index contributed by atoms with van der Waals surface area (Å²) in [6, 6.07) is 4.46. The van der Waals surface area contributed by atoms with Crippen LogP contribution in [0.1, 0.15) is 37.7 Å². The molecule has 1 aliphatic carbocycles. The zero-order valence-electron chi connectivity index (χ0n) is 12.4. The van der Waals surface area contributed by atoms with E-state index in [0.717, 1.165) is 25.7 Å². The second kappa shape index (κ2) is 7.31. The van der Waals surface area contributed by atoms with Gasteiger partial charge in [0.1, 0.15) is 0 Å². The second-order valence-corrected chi connectivity index (χ2v) is 5.94. The molecule has 1 saturated carbocycles. The quantitative estimate of drug-likeness (QED) is 0.507. The highest BCUT2D eigenvalue weighted by atomic mass is 32.1. The third-order valence-corrected chi connectivity index (χ3v) is 4.09. The van der Waals surface area contributed by atoms with E-state index in [1.807, 2.05) is 0 Å². The molecule has 0 bridgehead atoms.